The average molecular weight is 262 g/mol. The summed E-state index contributed by atoms with van der Waals surface area (Å²) in [5.41, 5.74) is 3.47. The standard InChI is InChI=1S/C15H22N2O2/c1-10-7-11(2)17-15(19-13-5-6-18-9-13)14(10)8-16-12-3-4-12/h7,12-13,16H,3-6,8-9H2,1-2H3. The first-order chi connectivity index (χ1) is 9.22. The first-order valence-electron chi connectivity index (χ1n) is 7.17. The number of nitrogens with zero attached hydrogens (tertiary/aromatic N) is 1. The third-order valence-corrected chi connectivity index (χ3v) is 3.75. The molecule has 1 aliphatic heterocycles. The number of rotatable bonds is 5. The fourth-order valence-corrected chi connectivity index (χ4v) is 2.44. The zero-order valence-corrected chi connectivity index (χ0v) is 11.7. The Morgan fingerprint density at radius 2 is 2.21 bits per heavy atom. The van der Waals surface area contributed by atoms with Gasteiger partial charge in [0.25, 0.3) is 0 Å². The van der Waals surface area contributed by atoms with E-state index < -0.39 is 0 Å². The molecule has 4 nitrogen and oxygen atoms in total. The third-order valence-electron chi connectivity index (χ3n) is 3.75. The van der Waals surface area contributed by atoms with Gasteiger partial charge in [-0.05, 0) is 38.3 Å². The molecule has 0 radical (unpaired) electrons. The molecule has 0 amide bonds. The van der Waals surface area contributed by atoms with Gasteiger partial charge in [-0.1, -0.05) is 0 Å². The second kappa shape index (κ2) is 5.47. The molecule has 2 heterocycles. The van der Waals surface area contributed by atoms with Crippen LogP contribution in [0.25, 0.3) is 0 Å². The molecule has 3 rings (SSSR count). The van der Waals surface area contributed by atoms with Gasteiger partial charge < -0.3 is 14.8 Å². The van der Waals surface area contributed by atoms with Crippen LogP contribution in [0.1, 0.15) is 36.1 Å². The number of aryl methyl sites for hydroxylation is 2. The van der Waals surface area contributed by atoms with Crippen LogP contribution in [-0.2, 0) is 11.3 Å². The average Bonchev–Trinajstić information content (AvgIpc) is 3.04. The molecule has 1 N–H and O–H groups in total. The van der Waals surface area contributed by atoms with Crippen molar-refractivity contribution in [3.63, 3.8) is 0 Å². The number of pyridine rings is 1. The van der Waals surface area contributed by atoms with E-state index in [0.29, 0.717) is 12.6 Å². The van der Waals surface area contributed by atoms with Gasteiger partial charge in [-0.3, -0.25) is 0 Å². The minimum Gasteiger partial charge on any atom is -0.472 e. The van der Waals surface area contributed by atoms with Crippen LogP contribution in [0, 0.1) is 13.8 Å². The van der Waals surface area contributed by atoms with Crippen LogP contribution in [0.15, 0.2) is 6.07 Å². The van der Waals surface area contributed by atoms with Crippen molar-refractivity contribution in [1.82, 2.24) is 10.3 Å². The maximum Gasteiger partial charge on any atom is 0.218 e. The summed E-state index contributed by atoms with van der Waals surface area (Å²) < 4.78 is 11.4. The SMILES string of the molecule is Cc1cc(C)c(CNC2CC2)c(OC2CCOC2)n1. The van der Waals surface area contributed by atoms with Crippen molar-refractivity contribution in [3.8, 4) is 5.88 Å². The van der Waals surface area contributed by atoms with E-state index in [-0.39, 0.29) is 6.10 Å². The van der Waals surface area contributed by atoms with Crippen molar-refractivity contribution in [1.29, 1.82) is 0 Å². The summed E-state index contributed by atoms with van der Waals surface area (Å²) >= 11 is 0. The number of hydrogen-bond donors (Lipinski definition) is 1. The van der Waals surface area contributed by atoms with E-state index in [9.17, 15) is 0 Å². The highest BCUT2D eigenvalue weighted by atomic mass is 16.5. The normalized spacial score (nSPS) is 22.7. The molecule has 2 fully saturated rings. The predicted molar refractivity (Wildman–Crippen MR) is 73.4 cm³/mol. The number of hydrogen-bond acceptors (Lipinski definition) is 4. The van der Waals surface area contributed by atoms with Gasteiger partial charge in [-0.25, -0.2) is 4.98 Å². The first kappa shape index (κ1) is 12.9. The Balaban J connectivity index is 1.77. The van der Waals surface area contributed by atoms with Gasteiger partial charge in [0.1, 0.15) is 6.10 Å². The summed E-state index contributed by atoms with van der Waals surface area (Å²) in [7, 11) is 0. The molecular weight excluding hydrogens is 240 g/mol. The summed E-state index contributed by atoms with van der Waals surface area (Å²) in [5.74, 6) is 0.793. The van der Waals surface area contributed by atoms with Gasteiger partial charge in [-0.2, -0.15) is 0 Å². The van der Waals surface area contributed by atoms with Gasteiger partial charge in [0, 0.05) is 30.3 Å². The van der Waals surface area contributed by atoms with Crippen LogP contribution >= 0.6 is 0 Å². The number of aromatic nitrogens is 1. The second-order valence-electron chi connectivity index (χ2n) is 5.62. The Bertz CT molecular complexity index is 452. The monoisotopic (exact) mass is 262 g/mol. The largest absolute Gasteiger partial charge is 0.472 e. The highest BCUT2D eigenvalue weighted by Gasteiger charge is 2.23. The molecule has 0 spiro atoms. The minimum atomic E-state index is 0.161. The van der Waals surface area contributed by atoms with Gasteiger partial charge in [0.05, 0.1) is 13.2 Å². The van der Waals surface area contributed by atoms with Crippen LogP contribution in [-0.4, -0.2) is 30.3 Å². The molecule has 0 bridgehead atoms. The van der Waals surface area contributed by atoms with Gasteiger partial charge in [0.2, 0.25) is 5.88 Å². The third kappa shape index (κ3) is 3.25. The second-order valence-corrected chi connectivity index (χ2v) is 5.62. The zero-order chi connectivity index (χ0) is 13.2. The van der Waals surface area contributed by atoms with E-state index in [1.807, 2.05) is 6.92 Å². The fraction of sp³-hybridized carbons (Fsp3) is 0.667. The Morgan fingerprint density at radius 1 is 1.37 bits per heavy atom. The van der Waals surface area contributed by atoms with E-state index in [4.69, 9.17) is 9.47 Å². The van der Waals surface area contributed by atoms with Crippen molar-refractivity contribution in [2.45, 2.75) is 51.8 Å². The van der Waals surface area contributed by atoms with E-state index in [0.717, 1.165) is 31.1 Å². The summed E-state index contributed by atoms with van der Waals surface area (Å²) in [4.78, 5) is 4.58. The Labute approximate surface area is 114 Å². The molecule has 2 aliphatic rings. The fourth-order valence-electron chi connectivity index (χ4n) is 2.44. The highest BCUT2D eigenvalue weighted by molar-refractivity contribution is 5.36. The number of nitrogens with one attached hydrogen (secondary N) is 1. The molecule has 1 aromatic heterocycles. The zero-order valence-electron chi connectivity index (χ0n) is 11.7. The Morgan fingerprint density at radius 3 is 2.89 bits per heavy atom. The lowest BCUT2D eigenvalue weighted by Gasteiger charge is -2.17. The minimum absolute atomic E-state index is 0.161. The van der Waals surface area contributed by atoms with Crippen molar-refractivity contribution in [3.05, 3.63) is 22.9 Å². The summed E-state index contributed by atoms with van der Waals surface area (Å²) in [5, 5.41) is 3.55. The quantitative estimate of drug-likeness (QED) is 0.882. The molecule has 0 aromatic carbocycles. The Kier molecular flexibility index (Phi) is 3.71. The topological polar surface area (TPSA) is 43.4 Å². The van der Waals surface area contributed by atoms with E-state index in [1.165, 1.54) is 24.0 Å². The van der Waals surface area contributed by atoms with Crippen LogP contribution < -0.4 is 10.1 Å². The molecular formula is C15H22N2O2. The molecule has 1 atom stereocenters. The van der Waals surface area contributed by atoms with Gasteiger partial charge >= 0.3 is 0 Å². The molecule has 104 valence electrons. The molecule has 1 saturated carbocycles. The first-order valence-corrected chi connectivity index (χ1v) is 7.17. The van der Waals surface area contributed by atoms with Gasteiger partial charge in [-0.15, -0.1) is 0 Å². The number of ether oxygens (including phenoxy) is 2. The summed E-state index contributed by atoms with van der Waals surface area (Å²) in [6, 6.07) is 2.82. The summed E-state index contributed by atoms with van der Waals surface area (Å²) in [6.07, 6.45) is 3.72. The van der Waals surface area contributed by atoms with Gasteiger partial charge in [0.15, 0.2) is 0 Å². The van der Waals surface area contributed by atoms with Crippen molar-refractivity contribution >= 4 is 0 Å². The van der Waals surface area contributed by atoms with E-state index in [1.54, 1.807) is 0 Å². The molecule has 19 heavy (non-hydrogen) atoms. The lowest BCUT2D eigenvalue weighted by molar-refractivity contribution is 0.137. The molecule has 4 heteroatoms. The van der Waals surface area contributed by atoms with Crippen LogP contribution in [0.3, 0.4) is 0 Å². The smallest absolute Gasteiger partial charge is 0.218 e. The van der Waals surface area contributed by atoms with Crippen LogP contribution in [0.4, 0.5) is 0 Å². The highest BCUT2D eigenvalue weighted by Crippen LogP contribution is 2.26. The molecule has 1 saturated heterocycles. The van der Waals surface area contributed by atoms with Crippen molar-refractivity contribution in [2.75, 3.05) is 13.2 Å². The van der Waals surface area contributed by atoms with Crippen LogP contribution in [0.2, 0.25) is 0 Å². The summed E-state index contributed by atoms with van der Waals surface area (Å²) in [6.45, 7) is 6.49. The maximum absolute atomic E-state index is 6.04. The molecule has 1 aliphatic carbocycles. The lowest BCUT2D eigenvalue weighted by Crippen LogP contribution is -2.21. The molecule has 1 unspecified atom stereocenters. The van der Waals surface area contributed by atoms with Crippen molar-refractivity contribution in [2.24, 2.45) is 0 Å². The lowest BCUT2D eigenvalue weighted by atomic mass is 10.1. The predicted octanol–water partition coefficient (Wildman–Crippen LogP) is 2.12. The Hall–Kier alpha value is -1.13. The van der Waals surface area contributed by atoms with Crippen molar-refractivity contribution < 1.29 is 9.47 Å². The van der Waals surface area contributed by atoms with Crippen LogP contribution in [0.5, 0.6) is 5.88 Å². The maximum atomic E-state index is 6.04. The van der Waals surface area contributed by atoms with E-state index in [2.05, 4.69) is 23.3 Å². The van der Waals surface area contributed by atoms with E-state index >= 15 is 0 Å². The molecule has 1 aromatic rings.